The van der Waals surface area contributed by atoms with Crippen LogP contribution in [0, 0.1) is 15.0 Å². The zero-order valence-corrected chi connectivity index (χ0v) is 16.3. The monoisotopic (exact) mass is 477 g/mol. The quantitative estimate of drug-likeness (QED) is 0.342. The number of carbonyl (C=O) groups excluding carboxylic acids is 3. The minimum atomic E-state index is -1.01. The molecule has 10 nitrogen and oxygen atoms in total. The number of hydrogen-bond donors (Lipinski definition) is 0. The molecule has 0 saturated carbocycles. The molecule has 2 heterocycles. The third-order valence-electron chi connectivity index (χ3n) is 3.45. The lowest BCUT2D eigenvalue weighted by molar-refractivity contribution is -0.166. The molecule has 1 aromatic rings. The summed E-state index contributed by atoms with van der Waals surface area (Å²) in [5, 5.41) is 9.07. The fourth-order valence-corrected chi connectivity index (χ4v) is 3.17. The Labute approximate surface area is 162 Å². The van der Waals surface area contributed by atoms with E-state index in [4.69, 9.17) is 24.2 Å². The number of carbonyl (C=O) groups is 3. The summed E-state index contributed by atoms with van der Waals surface area (Å²) >= 11 is 1.91. The smallest absolute Gasteiger partial charge is 0.303 e. The normalized spacial score (nSPS) is 24.6. The van der Waals surface area contributed by atoms with Crippen LogP contribution in [0.1, 0.15) is 32.7 Å². The van der Waals surface area contributed by atoms with Gasteiger partial charge in [0, 0.05) is 20.8 Å². The number of nitrogens with zero attached hydrogens (tertiary/aromatic N) is 3. The van der Waals surface area contributed by atoms with Crippen LogP contribution in [-0.4, -0.2) is 52.4 Å². The van der Waals surface area contributed by atoms with Gasteiger partial charge in [-0.25, -0.2) is 4.98 Å². The Hall–Kier alpha value is -2.20. The van der Waals surface area contributed by atoms with Gasteiger partial charge in [-0.15, -0.1) is 0 Å². The number of aromatic nitrogens is 2. The molecule has 0 spiro atoms. The van der Waals surface area contributed by atoms with Crippen molar-refractivity contribution in [2.45, 2.75) is 45.3 Å². The van der Waals surface area contributed by atoms with Gasteiger partial charge in [-0.2, -0.15) is 5.26 Å². The summed E-state index contributed by atoms with van der Waals surface area (Å²) < 4.78 is 23.3. The van der Waals surface area contributed by atoms with Crippen LogP contribution in [0.5, 0.6) is 0 Å². The van der Waals surface area contributed by atoms with Gasteiger partial charge in [0.15, 0.2) is 24.1 Å². The van der Waals surface area contributed by atoms with Crippen molar-refractivity contribution in [1.82, 2.24) is 9.55 Å². The maximum absolute atomic E-state index is 11.5. The SMILES string of the molecule is CC(=O)OC[C@@H]1O[C@H](n2cnc(C#N)c2I)[C@H](OC(C)=O)[C@@H]1OC(C)=O. The second-order valence-electron chi connectivity index (χ2n) is 5.42. The van der Waals surface area contributed by atoms with Gasteiger partial charge in [-0.3, -0.25) is 19.0 Å². The van der Waals surface area contributed by atoms with Crippen LogP contribution >= 0.6 is 22.6 Å². The lowest BCUT2D eigenvalue weighted by atomic mass is 10.1. The highest BCUT2D eigenvalue weighted by atomic mass is 127. The zero-order valence-electron chi connectivity index (χ0n) is 14.2. The Kier molecular flexibility index (Phi) is 6.54. The highest BCUT2D eigenvalue weighted by Crippen LogP contribution is 2.35. The van der Waals surface area contributed by atoms with Crippen molar-refractivity contribution in [3.8, 4) is 6.07 Å². The number of nitriles is 1. The summed E-state index contributed by atoms with van der Waals surface area (Å²) in [6.45, 7) is 3.45. The minimum Gasteiger partial charge on any atom is -0.463 e. The summed E-state index contributed by atoms with van der Waals surface area (Å²) in [5.74, 6) is -1.75. The van der Waals surface area contributed by atoms with Gasteiger partial charge < -0.3 is 18.9 Å². The maximum atomic E-state index is 11.5. The summed E-state index contributed by atoms with van der Waals surface area (Å²) in [5.41, 5.74) is 0.170. The Bertz CT molecular complexity index is 757. The van der Waals surface area contributed by atoms with E-state index in [1.54, 1.807) is 0 Å². The maximum Gasteiger partial charge on any atom is 0.303 e. The first-order chi connectivity index (χ1) is 12.2. The molecule has 0 bridgehead atoms. The molecule has 1 aliphatic heterocycles. The molecule has 1 aliphatic rings. The first-order valence-corrected chi connectivity index (χ1v) is 8.58. The van der Waals surface area contributed by atoms with Crippen molar-refractivity contribution in [1.29, 1.82) is 5.26 Å². The number of esters is 3. The highest BCUT2D eigenvalue weighted by molar-refractivity contribution is 14.1. The number of ether oxygens (including phenoxy) is 4. The summed E-state index contributed by atoms with van der Waals surface area (Å²) in [6.07, 6.45) is -2.41. The molecule has 1 aromatic heterocycles. The summed E-state index contributed by atoms with van der Waals surface area (Å²) in [7, 11) is 0. The molecule has 0 amide bonds. The minimum absolute atomic E-state index is 0.170. The van der Waals surface area contributed by atoms with Crippen molar-refractivity contribution in [2.75, 3.05) is 6.61 Å². The Morgan fingerprint density at radius 2 is 1.85 bits per heavy atom. The molecule has 2 rings (SSSR count). The lowest BCUT2D eigenvalue weighted by Gasteiger charge is -2.23. The van der Waals surface area contributed by atoms with Gasteiger partial charge in [0.1, 0.15) is 22.5 Å². The standard InChI is InChI=1S/C15H16IN3O7/c1-7(20)23-5-11-12(24-8(2)21)13(25-9(3)22)15(26-11)19-6-18-10(4-17)14(19)16/h6,11-13,15H,5H2,1-3H3/t11-,12+,13+,15-/m0/s1. The topological polar surface area (TPSA) is 130 Å². The van der Waals surface area contributed by atoms with Crippen molar-refractivity contribution in [2.24, 2.45) is 0 Å². The van der Waals surface area contributed by atoms with E-state index in [1.165, 1.54) is 31.7 Å². The van der Waals surface area contributed by atoms with E-state index < -0.39 is 42.4 Å². The van der Waals surface area contributed by atoms with E-state index in [1.807, 2.05) is 28.7 Å². The molecule has 0 N–H and O–H groups in total. The second kappa shape index (κ2) is 8.45. The van der Waals surface area contributed by atoms with Crippen LogP contribution in [0.2, 0.25) is 0 Å². The van der Waals surface area contributed by atoms with Crippen molar-refractivity contribution >= 4 is 40.5 Å². The first kappa shape index (κ1) is 20.1. The number of imidazole rings is 1. The fourth-order valence-electron chi connectivity index (χ4n) is 2.52. The Balaban J connectivity index is 2.39. The van der Waals surface area contributed by atoms with Gasteiger partial charge in [0.05, 0.1) is 6.33 Å². The third kappa shape index (κ3) is 4.50. The third-order valence-corrected chi connectivity index (χ3v) is 4.52. The fraction of sp³-hybridized carbons (Fsp3) is 0.533. The van der Waals surface area contributed by atoms with Gasteiger partial charge >= 0.3 is 17.9 Å². The average Bonchev–Trinajstić information content (AvgIpc) is 3.06. The van der Waals surface area contributed by atoms with E-state index >= 15 is 0 Å². The average molecular weight is 477 g/mol. The highest BCUT2D eigenvalue weighted by Gasteiger charge is 2.51. The van der Waals surface area contributed by atoms with E-state index in [0.29, 0.717) is 3.70 Å². The van der Waals surface area contributed by atoms with Crippen LogP contribution in [0.3, 0.4) is 0 Å². The van der Waals surface area contributed by atoms with Gasteiger partial charge in [-0.05, 0) is 22.6 Å². The second-order valence-corrected chi connectivity index (χ2v) is 6.44. The van der Waals surface area contributed by atoms with E-state index in [-0.39, 0.29) is 12.3 Å². The number of hydrogen-bond acceptors (Lipinski definition) is 9. The molecule has 4 atom stereocenters. The molecule has 0 radical (unpaired) electrons. The van der Waals surface area contributed by atoms with Crippen LogP contribution in [0.15, 0.2) is 6.33 Å². The van der Waals surface area contributed by atoms with Gasteiger partial charge in [-0.1, -0.05) is 0 Å². The molecule has 0 aliphatic carbocycles. The predicted octanol–water partition coefficient (Wildman–Crippen LogP) is 0.683. The van der Waals surface area contributed by atoms with Crippen LogP contribution < -0.4 is 0 Å². The van der Waals surface area contributed by atoms with Crippen LogP contribution in [-0.2, 0) is 33.3 Å². The zero-order chi connectivity index (χ0) is 19.4. The largest absolute Gasteiger partial charge is 0.463 e. The summed E-state index contributed by atoms with van der Waals surface area (Å²) in [4.78, 5) is 38.1. The Morgan fingerprint density at radius 3 is 2.35 bits per heavy atom. The van der Waals surface area contributed by atoms with Crippen molar-refractivity contribution < 1.29 is 33.3 Å². The van der Waals surface area contributed by atoms with E-state index in [9.17, 15) is 14.4 Å². The van der Waals surface area contributed by atoms with E-state index in [0.717, 1.165) is 0 Å². The Morgan fingerprint density at radius 1 is 1.23 bits per heavy atom. The van der Waals surface area contributed by atoms with E-state index in [2.05, 4.69) is 4.98 Å². The molecule has 11 heteroatoms. The van der Waals surface area contributed by atoms with Crippen LogP contribution in [0.4, 0.5) is 0 Å². The number of halogens is 1. The van der Waals surface area contributed by atoms with Crippen LogP contribution in [0.25, 0.3) is 0 Å². The molecule has 0 unspecified atom stereocenters. The molecule has 140 valence electrons. The predicted molar refractivity (Wildman–Crippen MR) is 91.3 cm³/mol. The molecular formula is C15H16IN3O7. The van der Waals surface area contributed by atoms with Crippen molar-refractivity contribution in [3.05, 3.63) is 15.7 Å². The first-order valence-electron chi connectivity index (χ1n) is 7.50. The molecule has 0 aromatic carbocycles. The number of rotatable bonds is 5. The molecule has 1 fully saturated rings. The van der Waals surface area contributed by atoms with Crippen molar-refractivity contribution in [3.63, 3.8) is 0 Å². The molecular weight excluding hydrogens is 461 g/mol. The molecule has 26 heavy (non-hydrogen) atoms. The lowest BCUT2D eigenvalue weighted by Crippen LogP contribution is -2.40. The molecule has 1 saturated heterocycles. The van der Waals surface area contributed by atoms with Gasteiger partial charge in [0.2, 0.25) is 0 Å². The summed E-state index contributed by atoms with van der Waals surface area (Å²) in [6, 6.07) is 1.93. The van der Waals surface area contributed by atoms with Gasteiger partial charge in [0.25, 0.3) is 0 Å².